The minimum absolute atomic E-state index is 0.215. The molecule has 2 aliphatic rings. The van der Waals surface area contributed by atoms with Gasteiger partial charge in [0.1, 0.15) is 5.82 Å². The number of primary amides is 1. The molecule has 3 rings (SSSR count). The smallest absolute Gasteiger partial charge is 0.237 e. The monoisotopic (exact) mass is 308 g/mol. The van der Waals surface area contributed by atoms with Crippen LogP contribution in [-0.2, 0) is 4.79 Å². The Balaban J connectivity index is 1.70. The zero-order chi connectivity index (χ0) is 14.9. The van der Waals surface area contributed by atoms with Crippen molar-refractivity contribution in [1.29, 1.82) is 0 Å². The fourth-order valence-corrected chi connectivity index (χ4v) is 4.48. The van der Waals surface area contributed by atoms with Gasteiger partial charge in [-0.05, 0) is 56.7 Å². The molecule has 0 bridgehead atoms. The van der Waals surface area contributed by atoms with E-state index in [1.165, 1.54) is 6.07 Å². The Kier molecular flexibility index (Phi) is 4.22. The zero-order valence-electron chi connectivity index (χ0n) is 12.0. The second-order valence-corrected chi connectivity index (χ2v) is 7.53. The SMILES string of the molecule is NC(=O)C1(NC2CC2)CCCC(Sc2cccc(F)c2)C1. The van der Waals surface area contributed by atoms with Gasteiger partial charge >= 0.3 is 0 Å². The normalized spacial score (nSPS) is 29.3. The molecule has 2 saturated carbocycles. The average Bonchev–Trinajstić information content (AvgIpc) is 3.23. The average molecular weight is 308 g/mol. The van der Waals surface area contributed by atoms with Crippen LogP contribution in [0.3, 0.4) is 0 Å². The van der Waals surface area contributed by atoms with Crippen molar-refractivity contribution in [1.82, 2.24) is 5.32 Å². The van der Waals surface area contributed by atoms with Crippen LogP contribution in [0.1, 0.15) is 38.5 Å². The highest BCUT2D eigenvalue weighted by atomic mass is 32.2. The van der Waals surface area contributed by atoms with Gasteiger partial charge in [0, 0.05) is 16.2 Å². The van der Waals surface area contributed by atoms with E-state index in [4.69, 9.17) is 5.73 Å². The van der Waals surface area contributed by atoms with Crippen LogP contribution in [0.2, 0.25) is 0 Å². The number of hydrogen-bond acceptors (Lipinski definition) is 3. The Labute approximate surface area is 128 Å². The second-order valence-electron chi connectivity index (χ2n) is 6.16. The highest BCUT2D eigenvalue weighted by Crippen LogP contribution is 2.40. The molecular weight excluding hydrogens is 287 g/mol. The van der Waals surface area contributed by atoms with Gasteiger partial charge < -0.3 is 11.1 Å². The summed E-state index contributed by atoms with van der Waals surface area (Å²) in [6.07, 6.45) is 5.85. The topological polar surface area (TPSA) is 55.1 Å². The molecule has 114 valence electrons. The van der Waals surface area contributed by atoms with Crippen molar-refractivity contribution >= 4 is 17.7 Å². The Morgan fingerprint density at radius 3 is 2.86 bits per heavy atom. The molecule has 0 spiro atoms. The van der Waals surface area contributed by atoms with Crippen LogP contribution >= 0.6 is 11.8 Å². The maximum atomic E-state index is 13.3. The minimum atomic E-state index is -0.565. The number of amides is 1. The molecule has 2 aliphatic carbocycles. The van der Waals surface area contributed by atoms with Gasteiger partial charge in [-0.2, -0.15) is 0 Å². The van der Waals surface area contributed by atoms with Gasteiger partial charge in [-0.3, -0.25) is 4.79 Å². The molecule has 2 atom stereocenters. The first kappa shape index (κ1) is 14.9. The van der Waals surface area contributed by atoms with Gasteiger partial charge in [-0.1, -0.05) is 6.07 Å². The summed E-state index contributed by atoms with van der Waals surface area (Å²) in [4.78, 5) is 12.9. The van der Waals surface area contributed by atoms with Gasteiger partial charge in [0.05, 0.1) is 5.54 Å². The molecule has 5 heteroatoms. The molecule has 0 heterocycles. The van der Waals surface area contributed by atoms with E-state index >= 15 is 0 Å². The number of nitrogens with two attached hydrogens (primary N) is 1. The van der Waals surface area contributed by atoms with Crippen molar-refractivity contribution in [3.63, 3.8) is 0 Å². The molecule has 0 radical (unpaired) electrons. The Hall–Kier alpha value is -1.07. The van der Waals surface area contributed by atoms with Crippen molar-refractivity contribution in [3.05, 3.63) is 30.1 Å². The lowest BCUT2D eigenvalue weighted by molar-refractivity contribution is -0.125. The lowest BCUT2D eigenvalue weighted by Crippen LogP contribution is -2.59. The van der Waals surface area contributed by atoms with Crippen molar-refractivity contribution in [2.75, 3.05) is 0 Å². The first-order valence-electron chi connectivity index (χ1n) is 7.57. The summed E-state index contributed by atoms with van der Waals surface area (Å²) < 4.78 is 13.3. The Bertz CT molecular complexity index is 535. The molecule has 0 saturated heterocycles. The molecule has 1 aromatic rings. The van der Waals surface area contributed by atoms with Crippen LogP contribution in [-0.4, -0.2) is 22.7 Å². The van der Waals surface area contributed by atoms with E-state index in [1.807, 2.05) is 6.07 Å². The number of thioether (sulfide) groups is 1. The highest BCUT2D eigenvalue weighted by Gasteiger charge is 2.44. The molecule has 0 aliphatic heterocycles. The number of carbonyl (C=O) groups excluding carboxylic acids is 1. The standard InChI is InChI=1S/C16H21FN2OS/c17-11-3-1-4-13(9-11)21-14-5-2-8-16(10-14,15(18)20)19-12-6-7-12/h1,3-4,9,12,14,19H,2,5-8,10H2,(H2,18,20). The van der Waals surface area contributed by atoms with Gasteiger partial charge in [0.2, 0.25) is 5.91 Å². The fraction of sp³-hybridized carbons (Fsp3) is 0.562. The van der Waals surface area contributed by atoms with E-state index < -0.39 is 5.54 Å². The van der Waals surface area contributed by atoms with E-state index in [2.05, 4.69) is 5.32 Å². The second kappa shape index (κ2) is 5.97. The van der Waals surface area contributed by atoms with Gasteiger partial charge in [-0.25, -0.2) is 4.39 Å². The highest BCUT2D eigenvalue weighted by molar-refractivity contribution is 8.00. The maximum Gasteiger partial charge on any atom is 0.237 e. The molecule has 21 heavy (non-hydrogen) atoms. The van der Waals surface area contributed by atoms with E-state index in [0.717, 1.165) is 43.4 Å². The van der Waals surface area contributed by atoms with Crippen molar-refractivity contribution in [2.45, 2.75) is 60.3 Å². The van der Waals surface area contributed by atoms with Gasteiger partial charge in [0.15, 0.2) is 0 Å². The summed E-state index contributed by atoms with van der Waals surface area (Å²) >= 11 is 1.66. The third-order valence-electron chi connectivity index (χ3n) is 4.33. The summed E-state index contributed by atoms with van der Waals surface area (Å²) in [6, 6.07) is 7.11. The molecular formula is C16H21FN2OS. The number of rotatable bonds is 5. The Morgan fingerprint density at radius 1 is 1.38 bits per heavy atom. The third-order valence-corrected chi connectivity index (χ3v) is 5.60. The third kappa shape index (κ3) is 3.58. The lowest BCUT2D eigenvalue weighted by Gasteiger charge is -2.39. The molecule has 2 fully saturated rings. The number of nitrogens with one attached hydrogen (secondary N) is 1. The van der Waals surface area contributed by atoms with E-state index in [-0.39, 0.29) is 11.7 Å². The van der Waals surface area contributed by atoms with Crippen LogP contribution in [0.15, 0.2) is 29.2 Å². The number of halogens is 1. The zero-order valence-corrected chi connectivity index (χ0v) is 12.8. The first-order valence-corrected chi connectivity index (χ1v) is 8.45. The quantitative estimate of drug-likeness (QED) is 0.879. The lowest BCUT2D eigenvalue weighted by atomic mass is 9.80. The minimum Gasteiger partial charge on any atom is -0.368 e. The number of hydrogen-bond donors (Lipinski definition) is 2. The van der Waals surface area contributed by atoms with Crippen LogP contribution in [0, 0.1) is 5.82 Å². The summed E-state index contributed by atoms with van der Waals surface area (Å²) in [5.41, 5.74) is 5.12. The predicted octanol–water partition coefficient (Wildman–Crippen LogP) is 2.84. The van der Waals surface area contributed by atoms with Crippen LogP contribution in [0.4, 0.5) is 4.39 Å². The van der Waals surface area contributed by atoms with E-state index in [0.29, 0.717) is 11.3 Å². The summed E-state index contributed by atoms with van der Waals surface area (Å²) in [5, 5.41) is 3.78. The predicted molar refractivity (Wildman–Crippen MR) is 82.6 cm³/mol. The van der Waals surface area contributed by atoms with Crippen LogP contribution in [0.25, 0.3) is 0 Å². The number of benzene rings is 1. The van der Waals surface area contributed by atoms with Crippen molar-refractivity contribution in [2.24, 2.45) is 5.73 Å². The maximum absolute atomic E-state index is 13.3. The molecule has 3 nitrogen and oxygen atoms in total. The summed E-state index contributed by atoms with van der Waals surface area (Å²) in [7, 11) is 0. The largest absolute Gasteiger partial charge is 0.368 e. The van der Waals surface area contributed by atoms with E-state index in [1.54, 1.807) is 23.9 Å². The van der Waals surface area contributed by atoms with E-state index in [9.17, 15) is 9.18 Å². The van der Waals surface area contributed by atoms with Crippen molar-refractivity contribution in [3.8, 4) is 0 Å². The number of carbonyl (C=O) groups is 1. The fourth-order valence-electron chi connectivity index (χ4n) is 3.10. The molecule has 3 N–H and O–H groups in total. The van der Waals surface area contributed by atoms with Crippen LogP contribution in [0.5, 0.6) is 0 Å². The van der Waals surface area contributed by atoms with Gasteiger partial charge in [-0.15, -0.1) is 11.8 Å². The Morgan fingerprint density at radius 2 is 2.19 bits per heavy atom. The van der Waals surface area contributed by atoms with Crippen molar-refractivity contribution < 1.29 is 9.18 Å². The molecule has 1 aromatic carbocycles. The van der Waals surface area contributed by atoms with Gasteiger partial charge in [0.25, 0.3) is 0 Å². The summed E-state index contributed by atoms with van der Waals surface area (Å²) in [6.45, 7) is 0. The molecule has 2 unspecified atom stereocenters. The molecule has 1 amide bonds. The first-order chi connectivity index (χ1) is 10.1. The van der Waals surface area contributed by atoms with Crippen LogP contribution < -0.4 is 11.1 Å². The summed E-state index contributed by atoms with van der Waals surface area (Å²) in [5.74, 6) is -0.452. The molecule has 0 aromatic heterocycles.